The molecule has 0 atom stereocenters. The highest BCUT2D eigenvalue weighted by Gasteiger charge is 1.97. The Bertz CT molecular complexity index is 386. The van der Waals surface area contributed by atoms with Gasteiger partial charge in [0.2, 0.25) is 0 Å². The van der Waals surface area contributed by atoms with Gasteiger partial charge < -0.3 is 0 Å². The number of allylic oxidation sites excluding steroid dienone is 1. The van der Waals surface area contributed by atoms with Crippen molar-refractivity contribution >= 4 is 6.08 Å². The van der Waals surface area contributed by atoms with Crippen LogP contribution in [-0.4, -0.2) is 0 Å². The van der Waals surface area contributed by atoms with Crippen molar-refractivity contribution in [3.8, 4) is 11.8 Å². The first-order valence-corrected chi connectivity index (χ1v) is 6.89. The molecule has 0 unspecified atom stereocenters. The van der Waals surface area contributed by atoms with Gasteiger partial charge in [-0.2, -0.15) is 0 Å². The zero-order valence-corrected chi connectivity index (χ0v) is 13.1. The Morgan fingerprint density at radius 3 is 2.22 bits per heavy atom. The Kier molecular flexibility index (Phi) is 14.2. The Morgan fingerprint density at radius 2 is 1.72 bits per heavy atom. The van der Waals surface area contributed by atoms with Crippen molar-refractivity contribution in [3.05, 3.63) is 41.0 Å². The highest BCUT2D eigenvalue weighted by atomic mass is 14.0. The quantitative estimate of drug-likeness (QED) is 0.590. The van der Waals surface area contributed by atoms with Crippen molar-refractivity contribution < 1.29 is 0 Å². The fourth-order valence-corrected chi connectivity index (χ4v) is 1.39. The van der Waals surface area contributed by atoms with Crippen LogP contribution >= 0.6 is 0 Å². The number of rotatable bonds is 2. The van der Waals surface area contributed by atoms with Gasteiger partial charge >= 0.3 is 0 Å². The van der Waals surface area contributed by atoms with E-state index >= 15 is 0 Å². The van der Waals surface area contributed by atoms with Crippen molar-refractivity contribution in [2.75, 3.05) is 0 Å². The van der Waals surface area contributed by atoms with E-state index in [1.165, 1.54) is 16.7 Å². The zero-order valence-electron chi connectivity index (χ0n) is 13.1. The fraction of sp³-hybridized carbons (Fsp3) is 0.444. The summed E-state index contributed by atoms with van der Waals surface area (Å²) in [7, 11) is 0. The second-order valence-corrected chi connectivity index (χ2v) is 3.31. The lowest BCUT2D eigenvalue weighted by Crippen LogP contribution is -1.88. The summed E-state index contributed by atoms with van der Waals surface area (Å²) < 4.78 is 0. The van der Waals surface area contributed by atoms with Crippen LogP contribution in [0.5, 0.6) is 0 Å². The average Bonchev–Trinajstić information content (AvgIpc) is 2.43. The summed E-state index contributed by atoms with van der Waals surface area (Å²) in [6, 6.07) is 6.50. The molecule has 0 aliphatic heterocycles. The summed E-state index contributed by atoms with van der Waals surface area (Å²) in [5.41, 5.74) is 3.89. The van der Waals surface area contributed by atoms with Crippen LogP contribution in [0.1, 0.15) is 58.2 Å². The predicted octanol–water partition coefficient (Wildman–Crippen LogP) is 5.65. The van der Waals surface area contributed by atoms with Gasteiger partial charge in [0.15, 0.2) is 0 Å². The van der Waals surface area contributed by atoms with Gasteiger partial charge in [-0.05, 0) is 31.9 Å². The third-order valence-corrected chi connectivity index (χ3v) is 2.10. The molecule has 0 radical (unpaired) electrons. The van der Waals surface area contributed by atoms with Gasteiger partial charge in [-0.1, -0.05) is 69.5 Å². The molecule has 0 aromatic heterocycles. The Balaban J connectivity index is 0. The number of hydrogen-bond acceptors (Lipinski definition) is 0. The van der Waals surface area contributed by atoms with Crippen LogP contribution in [0.2, 0.25) is 0 Å². The van der Waals surface area contributed by atoms with E-state index in [1.54, 1.807) is 0 Å². The molecule has 0 heterocycles. The maximum absolute atomic E-state index is 3.10. The van der Waals surface area contributed by atoms with Crippen LogP contribution in [0.4, 0.5) is 0 Å². The number of aryl methyl sites for hydroxylation is 1. The van der Waals surface area contributed by atoms with E-state index in [2.05, 4.69) is 49.1 Å². The molecule has 1 aromatic carbocycles. The van der Waals surface area contributed by atoms with Crippen molar-refractivity contribution in [2.45, 2.75) is 54.9 Å². The second-order valence-electron chi connectivity index (χ2n) is 3.31. The Hall–Kier alpha value is -1.48. The van der Waals surface area contributed by atoms with Crippen LogP contribution in [-0.2, 0) is 6.42 Å². The maximum atomic E-state index is 3.10. The first-order chi connectivity index (χ1) is 8.77. The minimum Gasteiger partial charge on any atom is -0.106 e. The predicted molar refractivity (Wildman–Crippen MR) is 85.7 cm³/mol. The molecule has 0 bridgehead atoms. The smallest absolute Gasteiger partial charge is 0.0346 e. The molecule has 0 aliphatic carbocycles. The van der Waals surface area contributed by atoms with Crippen molar-refractivity contribution in [2.24, 2.45) is 0 Å². The molecular weight excluding hydrogens is 216 g/mol. The van der Waals surface area contributed by atoms with Crippen LogP contribution in [0, 0.1) is 18.8 Å². The third-order valence-electron chi connectivity index (χ3n) is 2.10. The van der Waals surface area contributed by atoms with E-state index < -0.39 is 0 Å². The summed E-state index contributed by atoms with van der Waals surface area (Å²) in [6.07, 6.45) is 5.05. The summed E-state index contributed by atoms with van der Waals surface area (Å²) in [6.45, 7) is 14.0. The van der Waals surface area contributed by atoms with Crippen molar-refractivity contribution in [1.82, 2.24) is 0 Å². The first kappa shape index (κ1) is 18.9. The molecule has 0 aliphatic rings. The first-order valence-electron chi connectivity index (χ1n) is 6.89. The molecule has 0 fully saturated rings. The molecule has 0 N–H and O–H groups in total. The van der Waals surface area contributed by atoms with Crippen molar-refractivity contribution in [3.63, 3.8) is 0 Å². The molecule has 0 amide bonds. The van der Waals surface area contributed by atoms with E-state index in [0.717, 1.165) is 6.42 Å². The molecule has 100 valence electrons. The van der Waals surface area contributed by atoms with E-state index in [0.29, 0.717) is 0 Å². The summed E-state index contributed by atoms with van der Waals surface area (Å²) in [4.78, 5) is 0. The highest BCUT2D eigenvalue weighted by molar-refractivity contribution is 5.55. The molecule has 0 saturated carbocycles. The number of benzene rings is 1. The van der Waals surface area contributed by atoms with Gasteiger partial charge in [-0.15, -0.1) is 5.92 Å². The lowest BCUT2D eigenvalue weighted by Gasteiger charge is -2.03. The zero-order chi connectivity index (χ0) is 14.4. The Morgan fingerprint density at radius 1 is 1.11 bits per heavy atom. The normalized spacial score (nSPS) is 8.39. The fourth-order valence-electron chi connectivity index (χ4n) is 1.39. The molecule has 18 heavy (non-hydrogen) atoms. The van der Waals surface area contributed by atoms with E-state index in [9.17, 15) is 0 Å². The van der Waals surface area contributed by atoms with E-state index in [-0.39, 0.29) is 0 Å². The monoisotopic (exact) mass is 244 g/mol. The van der Waals surface area contributed by atoms with Crippen LogP contribution in [0.3, 0.4) is 0 Å². The average molecular weight is 244 g/mol. The molecule has 1 aromatic rings. The largest absolute Gasteiger partial charge is 0.106 e. The number of hydrogen-bond donors (Lipinski definition) is 0. The van der Waals surface area contributed by atoms with Crippen molar-refractivity contribution in [1.29, 1.82) is 0 Å². The maximum Gasteiger partial charge on any atom is 0.0346 e. The second kappa shape index (κ2) is 13.6. The van der Waals surface area contributed by atoms with E-state index in [1.807, 2.05) is 41.5 Å². The molecule has 0 saturated heterocycles. The van der Waals surface area contributed by atoms with Gasteiger partial charge in [0.25, 0.3) is 0 Å². The molecule has 0 nitrogen and oxygen atoms in total. The van der Waals surface area contributed by atoms with Gasteiger partial charge in [0, 0.05) is 6.42 Å². The molecule has 0 spiro atoms. The van der Waals surface area contributed by atoms with Gasteiger partial charge in [0.1, 0.15) is 0 Å². The van der Waals surface area contributed by atoms with Gasteiger partial charge in [-0.3, -0.25) is 0 Å². The topological polar surface area (TPSA) is 0 Å². The molecule has 1 rings (SSSR count). The summed E-state index contributed by atoms with van der Waals surface area (Å²) in [5.74, 6) is 6.02. The minimum atomic E-state index is 0.844. The summed E-state index contributed by atoms with van der Waals surface area (Å²) >= 11 is 0. The third kappa shape index (κ3) is 7.74. The van der Waals surface area contributed by atoms with Crippen LogP contribution < -0.4 is 0 Å². The SMILES string of the molecule is CC.CC.CC#CCc1ccc(C)cc1/C=C\C. The summed E-state index contributed by atoms with van der Waals surface area (Å²) in [5, 5.41) is 0. The molecular formula is C18H28. The minimum absolute atomic E-state index is 0.844. The lowest BCUT2D eigenvalue weighted by molar-refractivity contribution is 1.28. The van der Waals surface area contributed by atoms with Crippen LogP contribution in [0.25, 0.3) is 6.08 Å². The van der Waals surface area contributed by atoms with Crippen LogP contribution in [0.15, 0.2) is 24.3 Å². The van der Waals surface area contributed by atoms with E-state index in [4.69, 9.17) is 0 Å². The molecule has 0 heteroatoms. The highest BCUT2D eigenvalue weighted by Crippen LogP contribution is 2.14. The Labute approximate surface area is 114 Å². The van der Waals surface area contributed by atoms with Gasteiger partial charge in [-0.25, -0.2) is 0 Å². The standard InChI is InChI=1S/C14H16.2C2H6/c1-4-6-8-13-10-9-12(3)11-14(13)7-5-2;2*1-2/h5,7,9-11H,8H2,1-3H3;2*1-2H3/b7-5-;;. The lowest BCUT2D eigenvalue weighted by atomic mass is 10.0. The van der Waals surface area contributed by atoms with Gasteiger partial charge in [0.05, 0.1) is 0 Å².